The SMILES string of the molecule is Cc1cc(F)ccc1-n1c(=O)c2sccc2n(CC(=O)NCc2ccccc2Cl)c1=O. The van der Waals surface area contributed by atoms with Crippen molar-refractivity contribution in [3.63, 3.8) is 0 Å². The maximum atomic E-state index is 13.5. The molecule has 2 aromatic carbocycles. The van der Waals surface area contributed by atoms with Gasteiger partial charge in [-0.1, -0.05) is 29.8 Å². The first-order chi connectivity index (χ1) is 14.9. The second kappa shape index (κ2) is 8.49. The molecule has 31 heavy (non-hydrogen) atoms. The van der Waals surface area contributed by atoms with E-state index in [1.54, 1.807) is 36.6 Å². The molecule has 4 aromatic rings. The van der Waals surface area contributed by atoms with Gasteiger partial charge in [0.25, 0.3) is 5.56 Å². The molecule has 6 nitrogen and oxygen atoms in total. The van der Waals surface area contributed by atoms with Gasteiger partial charge in [-0.2, -0.15) is 0 Å². The first-order valence-electron chi connectivity index (χ1n) is 9.36. The number of benzene rings is 2. The zero-order chi connectivity index (χ0) is 22.1. The smallest absolute Gasteiger partial charge is 0.336 e. The zero-order valence-electron chi connectivity index (χ0n) is 16.4. The number of aromatic nitrogens is 2. The molecule has 1 amide bonds. The first kappa shape index (κ1) is 21.0. The fourth-order valence-corrected chi connectivity index (χ4v) is 4.38. The summed E-state index contributed by atoms with van der Waals surface area (Å²) in [6, 6.07) is 12.6. The maximum absolute atomic E-state index is 13.5. The van der Waals surface area contributed by atoms with Gasteiger partial charge in [-0.15, -0.1) is 11.3 Å². The molecular formula is C22H17ClFN3O3S. The third kappa shape index (κ3) is 4.04. The van der Waals surface area contributed by atoms with Gasteiger partial charge in [-0.05, 0) is 53.8 Å². The summed E-state index contributed by atoms with van der Waals surface area (Å²) in [5.74, 6) is -0.874. The second-order valence-corrected chi connectivity index (χ2v) is 8.27. The van der Waals surface area contributed by atoms with Crippen LogP contribution in [-0.4, -0.2) is 15.0 Å². The fourth-order valence-electron chi connectivity index (χ4n) is 3.36. The Morgan fingerprint density at radius 1 is 1.16 bits per heavy atom. The number of rotatable bonds is 5. The number of nitrogens with one attached hydrogen (secondary N) is 1. The van der Waals surface area contributed by atoms with E-state index in [9.17, 15) is 18.8 Å². The monoisotopic (exact) mass is 457 g/mol. The van der Waals surface area contributed by atoms with Crippen molar-refractivity contribution in [2.45, 2.75) is 20.0 Å². The van der Waals surface area contributed by atoms with E-state index in [0.717, 1.165) is 10.1 Å². The highest BCUT2D eigenvalue weighted by atomic mass is 35.5. The molecular weight excluding hydrogens is 441 g/mol. The van der Waals surface area contributed by atoms with Crippen LogP contribution in [0.3, 0.4) is 0 Å². The van der Waals surface area contributed by atoms with Crippen LogP contribution in [0, 0.1) is 12.7 Å². The van der Waals surface area contributed by atoms with Gasteiger partial charge in [0.05, 0.1) is 11.2 Å². The number of carbonyl (C=O) groups excluding carboxylic acids is 1. The molecule has 0 bridgehead atoms. The van der Waals surface area contributed by atoms with E-state index in [1.165, 1.54) is 34.1 Å². The number of halogens is 2. The number of nitrogens with zero attached hydrogens (tertiary/aromatic N) is 2. The molecule has 0 unspecified atom stereocenters. The number of carbonyl (C=O) groups is 1. The van der Waals surface area contributed by atoms with Gasteiger partial charge in [0.2, 0.25) is 5.91 Å². The van der Waals surface area contributed by atoms with E-state index in [0.29, 0.717) is 20.8 Å². The summed E-state index contributed by atoms with van der Waals surface area (Å²) in [5, 5.41) is 4.96. The summed E-state index contributed by atoms with van der Waals surface area (Å²) in [5.41, 5.74) is 0.666. The molecule has 158 valence electrons. The Hall–Kier alpha value is -3.23. The van der Waals surface area contributed by atoms with Crippen LogP contribution in [0.15, 0.2) is 63.5 Å². The summed E-state index contributed by atoms with van der Waals surface area (Å²) in [7, 11) is 0. The predicted octanol–water partition coefficient (Wildman–Crippen LogP) is 3.63. The highest BCUT2D eigenvalue weighted by molar-refractivity contribution is 7.17. The Morgan fingerprint density at radius 3 is 2.68 bits per heavy atom. The molecule has 0 saturated carbocycles. The van der Waals surface area contributed by atoms with Gasteiger partial charge in [0, 0.05) is 11.6 Å². The Morgan fingerprint density at radius 2 is 1.94 bits per heavy atom. The Bertz CT molecular complexity index is 1420. The second-order valence-electron chi connectivity index (χ2n) is 6.94. The maximum Gasteiger partial charge on any atom is 0.336 e. The minimum Gasteiger partial charge on any atom is -0.350 e. The van der Waals surface area contributed by atoms with Crippen LogP contribution in [0.25, 0.3) is 15.9 Å². The minimum atomic E-state index is -0.668. The van der Waals surface area contributed by atoms with E-state index in [4.69, 9.17) is 11.6 Å². The lowest BCUT2D eigenvalue weighted by molar-refractivity contribution is -0.121. The molecule has 9 heteroatoms. The largest absolute Gasteiger partial charge is 0.350 e. The molecule has 0 spiro atoms. The standard InChI is InChI=1S/C22H17ClFN3O3S/c1-13-10-15(24)6-7-17(13)27-21(29)20-18(8-9-31-20)26(22(27)30)12-19(28)25-11-14-4-2-3-5-16(14)23/h2-10H,11-12H2,1H3,(H,25,28). The Balaban J connectivity index is 1.73. The number of hydrogen-bond donors (Lipinski definition) is 1. The minimum absolute atomic E-state index is 0.205. The van der Waals surface area contributed by atoms with E-state index in [1.807, 2.05) is 6.07 Å². The van der Waals surface area contributed by atoms with Gasteiger partial charge >= 0.3 is 5.69 Å². The number of fused-ring (bicyclic) bond motifs is 1. The molecule has 0 saturated heterocycles. The molecule has 0 aliphatic rings. The molecule has 0 fully saturated rings. The summed E-state index contributed by atoms with van der Waals surface area (Å²) >= 11 is 7.30. The fraction of sp³-hybridized carbons (Fsp3) is 0.136. The lowest BCUT2D eigenvalue weighted by Gasteiger charge is -2.14. The highest BCUT2D eigenvalue weighted by Gasteiger charge is 2.18. The van der Waals surface area contributed by atoms with Crippen molar-refractivity contribution in [1.82, 2.24) is 14.5 Å². The summed E-state index contributed by atoms with van der Waals surface area (Å²) in [4.78, 5) is 38.8. The Kier molecular flexibility index (Phi) is 5.75. The number of hydrogen-bond acceptors (Lipinski definition) is 4. The van der Waals surface area contributed by atoms with Crippen molar-refractivity contribution in [2.75, 3.05) is 0 Å². The average molecular weight is 458 g/mol. The van der Waals surface area contributed by atoms with Crippen LogP contribution in [-0.2, 0) is 17.9 Å². The third-order valence-electron chi connectivity index (χ3n) is 4.89. The van der Waals surface area contributed by atoms with Crippen molar-refractivity contribution < 1.29 is 9.18 Å². The van der Waals surface area contributed by atoms with Crippen LogP contribution >= 0.6 is 22.9 Å². The molecule has 4 rings (SSSR count). The van der Waals surface area contributed by atoms with Crippen molar-refractivity contribution in [2.24, 2.45) is 0 Å². The summed E-state index contributed by atoms with van der Waals surface area (Å²) in [6.07, 6.45) is 0. The molecule has 0 aliphatic heterocycles. The predicted molar refractivity (Wildman–Crippen MR) is 120 cm³/mol. The lowest BCUT2D eigenvalue weighted by atomic mass is 10.2. The van der Waals surface area contributed by atoms with E-state index in [-0.39, 0.29) is 18.8 Å². The quantitative estimate of drug-likeness (QED) is 0.497. The van der Waals surface area contributed by atoms with E-state index >= 15 is 0 Å². The average Bonchev–Trinajstić information content (AvgIpc) is 3.22. The summed E-state index contributed by atoms with van der Waals surface area (Å²) in [6.45, 7) is 1.54. The van der Waals surface area contributed by atoms with Crippen molar-refractivity contribution in [3.05, 3.63) is 96.7 Å². The molecule has 2 aromatic heterocycles. The molecule has 0 atom stereocenters. The van der Waals surface area contributed by atoms with E-state index < -0.39 is 23.0 Å². The van der Waals surface area contributed by atoms with Crippen LogP contribution < -0.4 is 16.6 Å². The highest BCUT2D eigenvalue weighted by Crippen LogP contribution is 2.18. The Labute approximate surface area is 185 Å². The van der Waals surface area contributed by atoms with E-state index in [2.05, 4.69) is 5.32 Å². The summed E-state index contributed by atoms with van der Waals surface area (Å²) < 4.78 is 16.1. The molecule has 0 aliphatic carbocycles. The van der Waals surface area contributed by atoms with Gasteiger partial charge in [-0.25, -0.2) is 13.8 Å². The number of aryl methyl sites for hydroxylation is 1. The number of amides is 1. The van der Waals surface area contributed by atoms with Gasteiger partial charge in [0.15, 0.2) is 0 Å². The molecule has 0 radical (unpaired) electrons. The molecule has 1 N–H and O–H groups in total. The topological polar surface area (TPSA) is 73.1 Å². The van der Waals surface area contributed by atoms with Crippen LogP contribution in [0.5, 0.6) is 0 Å². The normalized spacial score (nSPS) is 11.1. The third-order valence-corrected chi connectivity index (χ3v) is 6.15. The lowest BCUT2D eigenvalue weighted by Crippen LogP contribution is -2.41. The zero-order valence-corrected chi connectivity index (χ0v) is 18.0. The van der Waals surface area contributed by atoms with Crippen LogP contribution in [0.1, 0.15) is 11.1 Å². The van der Waals surface area contributed by atoms with Crippen LogP contribution in [0.2, 0.25) is 5.02 Å². The van der Waals surface area contributed by atoms with Gasteiger partial charge < -0.3 is 5.32 Å². The van der Waals surface area contributed by atoms with Crippen molar-refractivity contribution in [3.8, 4) is 5.69 Å². The number of thiophene rings is 1. The first-order valence-corrected chi connectivity index (χ1v) is 10.6. The molecule has 2 heterocycles. The van der Waals surface area contributed by atoms with Crippen LogP contribution in [0.4, 0.5) is 4.39 Å². The van der Waals surface area contributed by atoms with Gasteiger partial charge in [0.1, 0.15) is 17.1 Å². The van der Waals surface area contributed by atoms with Crippen molar-refractivity contribution in [1.29, 1.82) is 0 Å². The van der Waals surface area contributed by atoms with Gasteiger partial charge in [-0.3, -0.25) is 14.2 Å². The van der Waals surface area contributed by atoms with Crippen molar-refractivity contribution >= 4 is 39.1 Å².